The smallest absolute Gasteiger partial charge is 0.256 e. The molecule has 122 valence electrons. The molecule has 1 aromatic carbocycles. The molecule has 1 N–H and O–H groups in total. The van der Waals surface area contributed by atoms with Crippen LogP contribution in [0.1, 0.15) is 23.2 Å². The zero-order chi connectivity index (χ0) is 16.4. The molecule has 0 saturated carbocycles. The summed E-state index contributed by atoms with van der Waals surface area (Å²) in [6, 6.07) is 9.59. The molecule has 4 rings (SSSR count). The Morgan fingerprint density at radius 2 is 2.21 bits per heavy atom. The summed E-state index contributed by atoms with van der Waals surface area (Å²) >= 11 is 0. The summed E-state index contributed by atoms with van der Waals surface area (Å²) in [5, 5.41) is 0.960. The average Bonchev–Trinajstić information content (AvgIpc) is 3.06. The number of hydrogen-bond acceptors (Lipinski definition) is 4. The van der Waals surface area contributed by atoms with E-state index in [-0.39, 0.29) is 12.0 Å². The normalized spacial score (nSPS) is 17.8. The van der Waals surface area contributed by atoms with Gasteiger partial charge in [0.2, 0.25) is 5.88 Å². The van der Waals surface area contributed by atoms with E-state index in [9.17, 15) is 4.79 Å². The second-order valence-electron chi connectivity index (χ2n) is 5.93. The lowest BCUT2D eigenvalue weighted by molar-refractivity contribution is 0.0529. The summed E-state index contributed by atoms with van der Waals surface area (Å²) in [6.07, 6.45) is 6.71. The number of nitrogens with one attached hydrogen (secondary N) is 1. The van der Waals surface area contributed by atoms with Crippen LogP contribution in [0.5, 0.6) is 5.88 Å². The summed E-state index contributed by atoms with van der Waals surface area (Å²) in [7, 11) is 0. The number of hydrogen-bond donors (Lipinski definition) is 1. The lowest BCUT2D eigenvalue weighted by Gasteiger charge is -2.32. The van der Waals surface area contributed by atoms with Crippen LogP contribution in [0.15, 0.2) is 49.1 Å². The molecule has 1 amide bonds. The van der Waals surface area contributed by atoms with Gasteiger partial charge in [-0.05, 0) is 18.9 Å². The summed E-state index contributed by atoms with van der Waals surface area (Å²) in [5.74, 6) is 0.597. The van der Waals surface area contributed by atoms with E-state index in [2.05, 4.69) is 15.0 Å². The molecule has 3 heterocycles. The molecule has 1 aliphatic heterocycles. The number of carbonyl (C=O) groups is 1. The van der Waals surface area contributed by atoms with E-state index in [4.69, 9.17) is 4.74 Å². The van der Waals surface area contributed by atoms with Crippen molar-refractivity contribution in [3.63, 3.8) is 0 Å². The van der Waals surface area contributed by atoms with Crippen molar-refractivity contribution in [1.82, 2.24) is 19.9 Å². The van der Waals surface area contributed by atoms with E-state index < -0.39 is 0 Å². The van der Waals surface area contributed by atoms with Gasteiger partial charge in [0.1, 0.15) is 12.4 Å². The van der Waals surface area contributed by atoms with E-state index in [0.717, 1.165) is 30.3 Å². The molecule has 6 heteroatoms. The fraction of sp³-hybridized carbons (Fsp3) is 0.278. The van der Waals surface area contributed by atoms with Gasteiger partial charge in [-0.2, -0.15) is 0 Å². The third kappa shape index (κ3) is 2.82. The van der Waals surface area contributed by atoms with Gasteiger partial charge >= 0.3 is 0 Å². The maximum Gasteiger partial charge on any atom is 0.256 e. The fourth-order valence-corrected chi connectivity index (χ4v) is 3.16. The van der Waals surface area contributed by atoms with Gasteiger partial charge < -0.3 is 14.6 Å². The van der Waals surface area contributed by atoms with Crippen LogP contribution in [0, 0.1) is 0 Å². The van der Waals surface area contributed by atoms with Crippen LogP contribution in [0.4, 0.5) is 0 Å². The third-order valence-corrected chi connectivity index (χ3v) is 4.33. The molecule has 1 fully saturated rings. The molecule has 1 atom stereocenters. The number of aromatic nitrogens is 3. The quantitative estimate of drug-likeness (QED) is 0.805. The van der Waals surface area contributed by atoms with Crippen molar-refractivity contribution in [3.05, 3.63) is 54.6 Å². The van der Waals surface area contributed by atoms with Crippen LogP contribution >= 0.6 is 0 Å². The molecule has 1 aliphatic rings. The molecular weight excluding hydrogens is 304 g/mol. The van der Waals surface area contributed by atoms with E-state index in [1.807, 2.05) is 29.2 Å². The zero-order valence-corrected chi connectivity index (χ0v) is 13.2. The number of fused-ring (bicyclic) bond motifs is 1. The number of benzene rings is 1. The minimum absolute atomic E-state index is 0.0391. The summed E-state index contributed by atoms with van der Waals surface area (Å²) in [6.45, 7) is 1.32. The monoisotopic (exact) mass is 322 g/mol. The summed E-state index contributed by atoms with van der Waals surface area (Å²) < 4.78 is 5.89. The summed E-state index contributed by atoms with van der Waals surface area (Å²) in [4.78, 5) is 25.9. The topological polar surface area (TPSA) is 71.1 Å². The maximum absolute atomic E-state index is 12.9. The largest absolute Gasteiger partial charge is 0.472 e. The van der Waals surface area contributed by atoms with Gasteiger partial charge in [-0.1, -0.05) is 18.2 Å². The minimum Gasteiger partial charge on any atom is -0.472 e. The second-order valence-corrected chi connectivity index (χ2v) is 5.93. The van der Waals surface area contributed by atoms with Crippen molar-refractivity contribution in [2.45, 2.75) is 18.9 Å². The van der Waals surface area contributed by atoms with Gasteiger partial charge in [0.15, 0.2) is 0 Å². The maximum atomic E-state index is 12.9. The molecule has 3 aromatic rings. The molecule has 0 aliphatic carbocycles. The number of nitrogens with zero attached hydrogens (tertiary/aromatic N) is 3. The minimum atomic E-state index is -0.0391. The number of amides is 1. The third-order valence-electron chi connectivity index (χ3n) is 4.33. The number of carbonyl (C=O) groups excluding carboxylic acids is 1. The molecule has 0 radical (unpaired) electrons. The Morgan fingerprint density at radius 3 is 3.08 bits per heavy atom. The van der Waals surface area contributed by atoms with Crippen molar-refractivity contribution in [3.8, 4) is 5.88 Å². The van der Waals surface area contributed by atoms with Crippen LogP contribution in [-0.4, -0.2) is 45.0 Å². The summed E-state index contributed by atoms with van der Waals surface area (Å²) in [5.41, 5.74) is 1.69. The predicted molar refractivity (Wildman–Crippen MR) is 89.9 cm³/mol. The van der Waals surface area contributed by atoms with E-state index in [1.54, 1.807) is 18.5 Å². The zero-order valence-electron chi connectivity index (χ0n) is 13.2. The van der Waals surface area contributed by atoms with Crippen LogP contribution in [0.2, 0.25) is 0 Å². The highest BCUT2D eigenvalue weighted by Crippen LogP contribution is 2.22. The predicted octanol–water partition coefficient (Wildman–Crippen LogP) is 2.64. The van der Waals surface area contributed by atoms with Gasteiger partial charge in [-0.15, -0.1) is 0 Å². The lowest BCUT2D eigenvalue weighted by atomic mass is 10.1. The highest BCUT2D eigenvalue weighted by Gasteiger charge is 2.27. The highest BCUT2D eigenvalue weighted by atomic mass is 16.5. The van der Waals surface area contributed by atoms with Crippen LogP contribution in [0.3, 0.4) is 0 Å². The molecule has 1 saturated heterocycles. The first kappa shape index (κ1) is 14.7. The second kappa shape index (κ2) is 6.31. The lowest BCUT2D eigenvalue weighted by Crippen LogP contribution is -2.44. The fourth-order valence-electron chi connectivity index (χ4n) is 3.16. The van der Waals surface area contributed by atoms with Crippen molar-refractivity contribution in [2.75, 3.05) is 13.1 Å². The Morgan fingerprint density at radius 1 is 1.29 bits per heavy atom. The number of ether oxygens (including phenoxy) is 1. The number of H-pyrrole nitrogens is 1. The number of rotatable bonds is 3. The van der Waals surface area contributed by atoms with E-state index >= 15 is 0 Å². The SMILES string of the molecule is O=C(c1c[nH]c2ccccc12)N1CCCC(Oc2ccncn2)C1. The molecule has 1 unspecified atom stereocenters. The molecular formula is C18H18N4O2. The van der Waals surface area contributed by atoms with Crippen LogP contribution in [0.25, 0.3) is 10.9 Å². The Balaban J connectivity index is 1.50. The molecule has 0 bridgehead atoms. The Labute approximate surface area is 139 Å². The van der Waals surface area contributed by atoms with Crippen molar-refractivity contribution in [1.29, 1.82) is 0 Å². The molecule has 6 nitrogen and oxygen atoms in total. The van der Waals surface area contributed by atoms with Gasteiger partial charge in [0.05, 0.1) is 12.1 Å². The molecule has 24 heavy (non-hydrogen) atoms. The van der Waals surface area contributed by atoms with E-state index in [0.29, 0.717) is 18.0 Å². The Kier molecular flexibility index (Phi) is 3.86. The number of aromatic amines is 1. The van der Waals surface area contributed by atoms with Gasteiger partial charge in [-0.3, -0.25) is 4.79 Å². The highest BCUT2D eigenvalue weighted by molar-refractivity contribution is 6.06. The average molecular weight is 322 g/mol. The van der Waals surface area contributed by atoms with E-state index in [1.165, 1.54) is 6.33 Å². The standard InChI is InChI=1S/C18H18N4O2/c23-18(15-10-20-16-6-2-1-5-14(15)16)22-9-3-4-13(11-22)24-17-7-8-19-12-21-17/h1-2,5-8,10,12-13,20H,3-4,9,11H2. The van der Waals surface area contributed by atoms with Gasteiger partial charge in [-0.25, -0.2) is 9.97 Å². The van der Waals surface area contributed by atoms with Crippen molar-refractivity contribution >= 4 is 16.8 Å². The van der Waals surface area contributed by atoms with Crippen LogP contribution < -0.4 is 4.74 Å². The first-order valence-corrected chi connectivity index (χ1v) is 8.09. The Hall–Kier alpha value is -2.89. The number of likely N-dealkylation sites (tertiary alicyclic amines) is 1. The molecule has 2 aromatic heterocycles. The number of piperidine rings is 1. The van der Waals surface area contributed by atoms with Gasteiger partial charge in [0.25, 0.3) is 5.91 Å². The van der Waals surface area contributed by atoms with Crippen molar-refractivity contribution in [2.24, 2.45) is 0 Å². The number of para-hydroxylation sites is 1. The van der Waals surface area contributed by atoms with Gasteiger partial charge in [0, 0.05) is 35.9 Å². The first-order valence-electron chi connectivity index (χ1n) is 8.09. The van der Waals surface area contributed by atoms with Crippen LogP contribution in [-0.2, 0) is 0 Å². The molecule has 0 spiro atoms. The van der Waals surface area contributed by atoms with Crippen molar-refractivity contribution < 1.29 is 9.53 Å². The first-order chi connectivity index (χ1) is 11.8. The Bertz CT molecular complexity index is 846.